The number of carbonyl (C=O) groups is 1. The van der Waals surface area contributed by atoms with Crippen molar-refractivity contribution in [3.05, 3.63) is 28.8 Å². The van der Waals surface area contributed by atoms with Gasteiger partial charge >= 0.3 is 0 Å². The SMILES string of the molecule is CCCN1CCN(c2ccc(C(C)=O)cc2Cl)CC1. The van der Waals surface area contributed by atoms with Crippen molar-refractivity contribution in [2.45, 2.75) is 20.3 Å². The molecule has 1 heterocycles. The standard InChI is InChI=1S/C15H21ClN2O/c1-3-6-17-7-9-18(10-8-17)15-5-4-13(12(2)19)11-14(15)16/h4-5,11H,3,6-10H2,1-2H3. The first-order valence-electron chi connectivity index (χ1n) is 6.89. The lowest BCUT2D eigenvalue weighted by Gasteiger charge is -2.36. The molecule has 0 aromatic heterocycles. The van der Waals surface area contributed by atoms with Crippen LogP contribution in [0.25, 0.3) is 0 Å². The van der Waals surface area contributed by atoms with E-state index in [1.54, 1.807) is 13.0 Å². The van der Waals surface area contributed by atoms with Crippen molar-refractivity contribution in [2.24, 2.45) is 0 Å². The van der Waals surface area contributed by atoms with Crippen molar-refractivity contribution in [3.63, 3.8) is 0 Å². The highest BCUT2D eigenvalue weighted by molar-refractivity contribution is 6.33. The van der Waals surface area contributed by atoms with Gasteiger partial charge in [0.2, 0.25) is 0 Å². The quantitative estimate of drug-likeness (QED) is 0.792. The molecule has 1 aliphatic rings. The Morgan fingerprint density at radius 1 is 1.26 bits per heavy atom. The summed E-state index contributed by atoms with van der Waals surface area (Å²) in [6.07, 6.45) is 1.20. The van der Waals surface area contributed by atoms with Crippen LogP contribution in [0, 0.1) is 0 Å². The molecule has 4 heteroatoms. The fourth-order valence-electron chi connectivity index (χ4n) is 2.51. The average molecular weight is 281 g/mol. The molecule has 2 rings (SSSR count). The molecule has 0 radical (unpaired) electrons. The molecule has 19 heavy (non-hydrogen) atoms. The second-order valence-corrected chi connectivity index (χ2v) is 5.46. The number of piperazine rings is 1. The number of hydrogen-bond donors (Lipinski definition) is 0. The average Bonchev–Trinajstić information content (AvgIpc) is 2.40. The van der Waals surface area contributed by atoms with Crippen LogP contribution in [0.4, 0.5) is 5.69 Å². The summed E-state index contributed by atoms with van der Waals surface area (Å²) in [7, 11) is 0. The van der Waals surface area contributed by atoms with Crippen molar-refractivity contribution < 1.29 is 4.79 Å². The highest BCUT2D eigenvalue weighted by atomic mass is 35.5. The van der Waals surface area contributed by atoms with Gasteiger partial charge in [0.15, 0.2) is 5.78 Å². The van der Waals surface area contributed by atoms with E-state index in [1.807, 2.05) is 12.1 Å². The molecule has 0 saturated carbocycles. The van der Waals surface area contributed by atoms with Gasteiger partial charge in [-0.05, 0) is 38.1 Å². The normalized spacial score (nSPS) is 16.7. The van der Waals surface area contributed by atoms with Crippen molar-refractivity contribution in [1.82, 2.24) is 4.90 Å². The molecular formula is C15H21ClN2O. The van der Waals surface area contributed by atoms with Crippen LogP contribution in [0.1, 0.15) is 30.6 Å². The van der Waals surface area contributed by atoms with E-state index in [9.17, 15) is 4.79 Å². The fraction of sp³-hybridized carbons (Fsp3) is 0.533. The Hall–Kier alpha value is -1.06. The van der Waals surface area contributed by atoms with Gasteiger partial charge < -0.3 is 4.90 Å². The van der Waals surface area contributed by atoms with Crippen LogP contribution in [0.15, 0.2) is 18.2 Å². The Kier molecular flexibility index (Phi) is 4.83. The fourth-order valence-corrected chi connectivity index (χ4v) is 2.81. The lowest BCUT2D eigenvalue weighted by molar-refractivity contribution is 0.101. The summed E-state index contributed by atoms with van der Waals surface area (Å²) >= 11 is 6.30. The van der Waals surface area contributed by atoms with Crippen LogP contribution in [-0.4, -0.2) is 43.4 Å². The van der Waals surface area contributed by atoms with Crippen molar-refractivity contribution in [1.29, 1.82) is 0 Å². The van der Waals surface area contributed by atoms with Crippen molar-refractivity contribution in [3.8, 4) is 0 Å². The highest BCUT2D eigenvalue weighted by Crippen LogP contribution is 2.28. The third-order valence-corrected chi connectivity index (χ3v) is 3.91. The zero-order valence-corrected chi connectivity index (χ0v) is 12.4. The smallest absolute Gasteiger partial charge is 0.159 e. The molecule has 0 N–H and O–H groups in total. The van der Waals surface area contributed by atoms with E-state index in [0.29, 0.717) is 10.6 Å². The summed E-state index contributed by atoms with van der Waals surface area (Å²) in [6.45, 7) is 9.11. The predicted octanol–water partition coefficient (Wildman–Crippen LogP) is 3.07. The maximum absolute atomic E-state index is 11.3. The summed E-state index contributed by atoms with van der Waals surface area (Å²) in [5, 5.41) is 0.677. The highest BCUT2D eigenvalue weighted by Gasteiger charge is 2.18. The zero-order chi connectivity index (χ0) is 13.8. The topological polar surface area (TPSA) is 23.6 Å². The molecule has 0 spiro atoms. The zero-order valence-electron chi connectivity index (χ0n) is 11.7. The van der Waals surface area contributed by atoms with Gasteiger partial charge in [0.25, 0.3) is 0 Å². The number of Topliss-reactive ketones (excluding diaryl/α,β-unsaturated/α-hetero) is 1. The number of hydrogen-bond acceptors (Lipinski definition) is 3. The molecule has 1 aliphatic heterocycles. The molecule has 1 aromatic rings. The summed E-state index contributed by atoms with van der Waals surface area (Å²) in [5.41, 5.74) is 1.72. The van der Waals surface area contributed by atoms with Gasteiger partial charge in [-0.25, -0.2) is 0 Å². The van der Waals surface area contributed by atoms with Gasteiger partial charge in [0, 0.05) is 31.7 Å². The van der Waals surface area contributed by atoms with Gasteiger partial charge in [0.1, 0.15) is 0 Å². The second kappa shape index (κ2) is 6.40. The van der Waals surface area contributed by atoms with Gasteiger partial charge in [-0.15, -0.1) is 0 Å². The third kappa shape index (κ3) is 3.48. The lowest BCUT2D eigenvalue weighted by Crippen LogP contribution is -2.46. The Morgan fingerprint density at radius 3 is 2.47 bits per heavy atom. The Morgan fingerprint density at radius 2 is 1.95 bits per heavy atom. The summed E-state index contributed by atoms with van der Waals surface area (Å²) < 4.78 is 0. The minimum Gasteiger partial charge on any atom is -0.368 e. The first kappa shape index (κ1) is 14.4. The number of anilines is 1. The van der Waals surface area contributed by atoms with E-state index in [1.165, 1.54) is 13.0 Å². The first-order valence-corrected chi connectivity index (χ1v) is 7.27. The Bertz CT molecular complexity index is 453. The summed E-state index contributed by atoms with van der Waals surface area (Å²) in [5.74, 6) is 0.0567. The minimum absolute atomic E-state index is 0.0567. The molecule has 104 valence electrons. The third-order valence-electron chi connectivity index (χ3n) is 3.61. The molecule has 1 aromatic carbocycles. The molecule has 3 nitrogen and oxygen atoms in total. The van der Waals surface area contributed by atoms with Crippen LogP contribution in [0.3, 0.4) is 0 Å². The van der Waals surface area contributed by atoms with Crippen LogP contribution < -0.4 is 4.90 Å². The number of halogens is 1. The number of carbonyl (C=O) groups excluding carboxylic acids is 1. The van der Waals surface area contributed by atoms with E-state index in [2.05, 4.69) is 16.7 Å². The molecule has 1 fully saturated rings. The van der Waals surface area contributed by atoms with Crippen LogP contribution in [-0.2, 0) is 0 Å². The molecule has 0 bridgehead atoms. The van der Waals surface area contributed by atoms with E-state index >= 15 is 0 Å². The minimum atomic E-state index is 0.0567. The van der Waals surface area contributed by atoms with E-state index in [4.69, 9.17) is 11.6 Å². The maximum atomic E-state index is 11.3. The predicted molar refractivity (Wildman–Crippen MR) is 80.4 cm³/mol. The molecule has 1 saturated heterocycles. The van der Waals surface area contributed by atoms with E-state index in [0.717, 1.165) is 31.9 Å². The first-order chi connectivity index (χ1) is 9.11. The van der Waals surface area contributed by atoms with Crippen LogP contribution >= 0.6 is 11.6 Å². The second-order valence-electron chi connectivity index (χ2n) is 5.05. The van der Waals surface area contributed by atoms with Crippen LogP contribution in [0.5, 0.6) is 0 Å². The largest absolute Gasteiger partial charge is 0.368 e. The summed E-state index contributed by atoms with van der Waals surface area (Å²) in [4.78, 5) is 16.1. The number of benzene rings is 1. The van der Waals surface area contributed by atoms with Gasteiger partial charge in [-0.2, -0.15) is 0 Å². The van der Waals surface area contributed by atoms with Gasteiger partial charge in [0.05, 0.1) is 10.7 Å². The van der Waals surface area contributed by atoms with Gasteiger partial charge in [-0.3, -0.25) is 9.69 Å². The van der Waals surface area contributed by atoms with E-state index in [-0.39, 0.29) is 5.78 Å². The molecule has 0 unspecified atom stereocenters. The molecular weight excluding hydrogens is 260 g/mol. The Balaban J connectivity index is 2.05. The van der Waals surface area contributed by atoms with Crippen LogP contribution in [0.2, 0.25) is 5.02 Å². The lowest BCUT2D eigenvalue weighted by atomic mass is 10.1. The Labute approximate surface area is 120 Å². The summed E-state index contributed by atoms with van der Waals surface area (Å²) in [6, 6.07) is 5.61. The molecule has 0 aliphatic carbocycles. The monoisotopic (exact) mass is 280 g/mol. The number of nitrogens with zero attached hydrogens (tertiary/aromatic N) is 2. The van der Waals surface area contributed by atoms with Gasteiger partial charge in [-0.1, -0.05) is 18.5 Å². The van der Waals surface area contributed by atoms with Crippen molar-refractivity contribution >= 4 is 23.1 Å². The number of rotatable bonds is 4. The van der Waals surface area contributed by atoms with E-state index < -0.39 is 0 Å². The molecule has 0 amide bonds. The molecule has 0 atom stereocenters. The number of ketones is 1. The van der Waals surface area contributed by atoms with Crippen molar-refractivity contribution in [2.75, 3.05) is 37.6 Å². The maximum Gasteiger partial charge on any atom is 0.159 e.